The molecular formula is C13H8BrCl2FN2O2. The first-order valence-corrected chi connectivity index (χ1v) is 7.12. The Kier molecular flexibility index (Phi) is 4.92. The van der Waals surface area contributed by atoms with Gasteiger partial charge in [-0.1, -0.05) is 39.1 Å². The summed E-state index contributed by atoms with van der Waals surface area (Å²) in [6.45, 7) is 0. The molecule has 2 amide bonds. The van der Waals surface area contributed by atoms with E-state index in [1.165, 1.54) is 24.3 Å². The monoisotopic (exact) mass is 392 g/mol. The number of aromatic hydroxyl groups is 1. The van der Waals surface area contributed by atoms with Crippen LogP contribution in [0.15, 0.2) is 34.8 Å². The number of benzene rings is 2. The van der Waals surface area contributed by atoms with Gasteiger partial charge in [0.1, 0.15) is 0 Å². The minimum Gasteiger partial charge on any atom is -0.503 e. The lowest BCUT2D eigenvalue weighted by molar-refractivity contribution is 0.262. The second kappa shape index (κ2) is 6.51. The van der Waals surface area contributed by atoms with Crippen molar-refractivity contribution in [2.45, 2.75) is 0 Å². The summed E-state index contributed by atoms with van der Waals surface area (Å²) >= 11 is 14.7. The molecule has 2 aromatic carbocycles. The molecule has 8 heteroatoms. The van der Waals surface area contributed by atoms with Crippen LogP contribution in [-0.4, -0.2) is 11.1 Å². The van der Waals surface area contributed by atoms with E-state index in [1.807, 2.05) is 0 Å². The Bertz CT molecular complexity index is 693. The Hall–Kier alpha value is -1.50. The smallest absolute Gasteiger partial charge is 0.323 e. The largest absolute Gasteiger partial charge is 0.503 e. The summed E-state index contributed by atoms with van der Waals surface area (Å²) in [4.78, 5) is 11.8. The van der Waals surface area contributed by atoms with E-state index in [2.05, 4.69) is 26.6 Å². The highest BCUT2D eigenvalue weighted by Crippen LogP contribution is 2.30. The van der Waals surface area contributed by atoms with Crippen molar-refractivity contribution in [2.24, 2.45) is 0 Å². The Morgan fingerprint density at radius 3 is 2.33 bits per heavy atom. The molecular weight excluding hydrogens is 386 g/mol. The number of urea groups is 1. The van der Waals surface area contributed by atoms with Crippen molar-refractivity contribution in [3.05, 3.63) is 50.7 Å². The highest BCUT2D eigenvalue weighted by atomic mass is 79.9. The van der Waals surface area contributed by atoms with Crippen LogP contribution in [0, 0.1) is 5.82 Å². The van der Waals surface area contributed by atoms with Crippen molar-refractivity contribution >= 4 is 56.5 Å². The van der Waals surface area contributed by atoms with Crippen LogP contribution >= 0.6 is 39.1 Å². The molecule has 0 aromatic heterocycles. The number of nitrogens with one attached hydrogen (secondary N) is 2. The molecule has 0 aliphatic heterocycles. The van der Waals surface area contributed by atoms with Gasteiger partial charge in [0.2, 0.25) is 0 Å². The number of amides is 2. The highest BCUT2D eigenvalue weighted by Gasteiger charge is 2.12. The number of hydrogen-bond donors (Lipinski definition) is 3. The summed E-state index contributed by atoms with van der Waals surface area (Å²) in [5.74, 6) is -1.51. The van der Waals surface area contributed by atoms with Crippen molar-refractivity contribution in [1.29, 1.82) is 0 Å². The Morgan fingerprint density at radius 1 is 1.10 bits per heavy atom. The molecule has 0 saturated carbocycles. The van der Waals surface area contributed by atoms with Crippen LogP contribution in [0.3, 0.4) is 0 Å². The van der Waals surface area contributed by atoms with E-state index in [4.69, 9.17) is 23.2 Å². The average molecular weight is 394 g/mol. The van der Waals surface area contributed by atoms with Crippen LogP contribution in [0.4, 0.5) is 20.6 Å². The maximum atomic E-state index is 13.3. The number of anilines is 2. The van der Waals surface area contributed by atoms with E-state index >= 15 is 0 Å². The molecule has 0 saturated heterocycles. The van der Waals surface area contributed by atoms with E-state index in [0.717, 1.165) is 6.07 Å². The van der Waals surface area contributed by atoms with Crippen LogP contribution < -0.4 is 10.6 Å². The topological polar surface area (TPSA) is 61.4 Å². The molecule has 21 heavy (non-hydrogen) atoms. The minimum atomic E-state index is -0.856. The van der Waals surface area contributed by atoms with Crippen LogP contribution in [-0.2, 0) is 0 Å². The maximum absolute atomic E-state index is 13.3. The lowest BCUT2D eigenvalue weighted by Crippen LogP contribution is -2.19. The van der Waals surface area contributed by atoms with Gasteiger partial charge in [0.05, 0.1) is 5.69 Å². The van der Waals surface area contributed by atoms with Crippen molar-refractivity contribution in [3.63, 3.8) is 0 Å². The summed E-state index contributed by atoms with van der Waals surface area (Å²) in [5.41, 5.74) is 0.285. The fraction of sp³-hybridized carbons (Fsp3) is 0. The predicted molar refractivity (Wildman–Crippen MR) is 84.9 cm³/mol. The zero-order chi connectivity index (χ0) is 15.6. The van der Waals surface area contributed by atoms with Crippen LogP contribution in [0.1, 0.15) is 0 Å². The van der Waals surface area contributed by atoms with Crippen LogP contribution in [0.25, 0.3) is 0 Å². The highest BCUT2D eigenvalue weighted by molar-refractivity contribution is 9.10. The molecule has 0 fully saturated rings. The van der Waals surface area contributed by atoms with Gasteiger partial charge in [0.15, 0.2) is 11.6 Å². The molecule has 2 aromatic rings. The molecule has 0 radical (unpaired) electrons. The molecule has 0 unspecified atom stereocenters. The third-order valence-corrected chi connectivity index (χ3v) is 3.29. The lowest BCUT2D eigenvalue weighted by atomic mass is 10.3. The van der Waals surface area contributed by atoms with E-state index in [-0.39, 0.29) is 5.69 Å². The average Bonchev–Trinajstić information content (AvgIpc) is 2.33. The number of carbonyl (C=O) groups excluding carboxylic acids is 1. The first-order valence-electron chi connectivity index (χ1n) is 5.57. The second-order valence-electron chi connectivity index (χ2n) is 4.02. The number of phenolic OH excluding ortho intramolecular Hbond substituents is 1. The van der Waals surface area contributed by atoms with Gasteiger partial charge in [-0.05, 0) is 30.3 Å². The fourth-order valence-corrected chi connectivity index (χ4v) is 2.53. The first kappa shape index (κ1) is 15.9. The van der Waals surface area contributed by atoms with Crippen molar-refractivity contribution < 1.29 is 14.3 Å². The number of rotatable bonds is 2. The molecule has 3 N–H and O–H groups in total. The summed E-state index contributed by atoms with van der Waals surface area (Å²) in [6.07, 6.45) is 0. The van der Waals surface area contributed by atoms with Gasteiger partial charge < -0.3 is 15.7 Å². The minimum absolute atomic E-state index is 0.0764. The first-order chi connectivity index (χ1) is 9.85. The van der Waals surface area contributed by atoms with Gasteiger partial charge in [0, 0.05) is 20.2 Å². The summed E-state index contributed by atoms with van der Waals surface area (Å²) in [5, 5.41) is 15.0. The number of hydrogen-bond acceptors (Lipinski definition) is 2. The van der Waals surface area contributed by atoms with Gasteiger partial charge in [-0.2, -0.15) is 0 Å². The van der Waals surface area contributed by atoms with Crippen molar-refractivity contribution in [1.82, 2.24) is 0 Å². The van der Waals surface area contributed by atoms with Crippen LogP contribution in [0.5, 0.6) is 5.75 Å². The molecule has 0 atom stereocenters. The summed E-state index contributed by atoms with van der Waals surface area (Å²) < 4.78 is 13.7. The lowest BCUT2D eigenvalue weighted by Gasteiger charge is -2.10. The predicted octanol–water partition coefficient (Wildman–Crippen LogP) is 5.24. The van der Waals surface area contributed by atoms with Crippen LogP contribution in [0.2, 0.25) is 10.0 Å². The zero-order valence-corrected chi connectivity index (χ0v) is 13.4. The number of halogens is 4. The SMILES string of the molecule is O=C(Nc1cc(Cl)cc(Cl)c1)Nc1cc(Br)cc(F)c1O. The van der Waals surface area contributed by atoms with Gasteiger partial charge in [-0.15, -0.1) is 0 Å². The Labute approximate surface area is 138 Å². The van der Waals surface area contributed by atoms with E-state index in [1.54, 1.807) is 0 Å². The molecule has 0 aliphatic rings. The number of carbonyl (C=O) groups is 1. The van der Waals surface area contributed by atoms with Gasteiger partial charge >= 0.3 is 6.03 Å². The van der Waals surface area contributed by atoms with Gasteiger partial charge in [-0.25, -0.2) is 9.18 Å². The molecule has 2 rings (SSSR count). The van der Waals surface area contributed by atoms with E-state index in [0.29, 0.717) is 20.2 Å². The van der Waals surface area contributed by atoms with Crippen molar-refractivity contribution in [3.8, 4) is 5.75 Å². The number of phenols is 1. The fourth-order valence-electron chi connectivity index (χ4n) is 1.57. The van der Waals surface area contributed by atoms with Gasteiger partial charge in [-0.3, -0.25) is 0 Å². The third-order valence-electron chi connectivity index (χ3n) is 2.40. The Morgan fingerprint density at radius 2 is 1.71 bits per heavy atom. The molecule has 110 valence electrons. The second-order valence-corrected chi connectivity index (χ2v) is 5.81. The molecule has 0 bridgehead atoms. The Balaban J connectivity index is 2.15. The van der Waals surface area contributed by atoms with E-state index < -0.39 is 17.6 Å². The van der Waals surface area contributed by atoms with Crippen molar-refractivity contribution in [2.75, 3.05) is 10.6 Å². The quantitative estimate of drug-likeness (QED) is 0.610. The summed E-state index contributed by atoms with van der Waals surface area (Å²) in [6, 6.07) is 6.27. The zero-order valence-electron chi connectivity index (χ0n) is 10.3. The summed E-state index contributed by atoms with van der Waals surface area (Å²) in [7, 11) is 0. The normalized spacial score (nSPS) is 10.3. The van der Waals surface area contributed by atoms with E-state index in [9.17, 15) is 14.3 Å². The third kappa shape index (κ3) is 4.23. The standard InChI is InChI=1S/C13H8BrCl2FN2O2/c14-6-1-10(17)12(20)11(2-6)19-13(21)18-9-4-7(15)3-8(16)5-9/h1-5,20H,(H2,18,19,21). The molecule has 0 aliphatic carbocycles. The molecule has 4 nitrogen and oxygen atoms in total. The van der Waals surface area contributed by atoms with Gasteiger partial charge in [0.25, 0.3) is 0 Å². The molecule has 0 spiro atoms. The molecule has 0 heterocycles. The maximum Gasteiger partial charge on any atom is 0.323 e.